The molecule has 0 atom stereocenters. The summed E-state index contributed by atoms with van der Waals surface area (Å²) in [5.41, 5.74) is 17.2. The minimum Gasteiger partial charge on any atom is -0.309 e. The molecule has 11 aromatic rings. The zero-order chi connectivity index (χ0) is 35.3. The summed E-state index contributed by atoms with van der Waals surface area (Å²) >= 11 is 0. The fraction of sp³-hybridized carbons (Fsp3) is 0. The summed E-state index contributed by atoms with van der Waals surface area (Å²) in [5, 5.41) is 7.58. The van der Waals surface area contributed by atoms with Gasteiger partial charge in [-0.15, -0.1) is 0 Å². The van der Waals surface area contributed by atoms with Gasteiger partial charge in [0.15, 0.2) is 0 Å². The summed E-state index contributed by atoms with van der Waals surface area (Å²) in [4.78, 5) is 0. The Morgan fingerprint density at radius 2 is 0.833 bits per heavy atom. The zero-order valence-electron chi connectivity index (χ0n) is 29.4. The third-order valence-corrected chi connectivity index (χ3v) is 11.6. The lowest BCUT2D eigenvalue weighted by Gasteiger charge is -2.12. The van der Waals surface area contributed by atoms with Crippen LogP contribution in [0, 0.1) is 0 Å². The number of para-hydroxylation sites is 3. The summed E-state index contributed by atoms with van der Waals surface area (Å²) in [6, 6.07) is 71.6. The summed E-state index contributed by atoms with van der Waals surface area (Å²) in [7, 11) is 0. The second-order valence-corrected chi connectivity index (χ2v) is 14.5. The maximum Gasteiger partial charge on any atom is 0.0620 e. The number of aromatic nitrogens is 2. The van der Waals surface area contributed by atoms with Gasteiger partial charge >= 0.3 is 0 Å². The minimum absolute atomic E-state index is 1.16. The Hall–Kier alpha value is -7.16. The number of rotatable bonds is 3. The number of hydrogen-bond acceptors (Lipinski definition) is 0. The first-order valence-corrected chi connectivity index (χ1v) is 18.7. The van der Waals surface area contributed by atoms with E-state index in [0.29, 0.717) is 0 Å². The van der Waals surface area contributed by atoms with E-state index in [1.54, 1.807) is 0 Å². The fourth-order valence-corrected chi connectivity index (χ4v) is 9.17. The summed E-state index contributed by atoms with van der Waals surface area (Å²) in [6.07, 6.45) is 0. The first-order chi connectivity index (χ1) is 26.8. The maximum atomic E-state index is 2.49. The smallest absolute Gasteiger partial charge is 0.0620 e. The third-order valence-electron chi connectivity index (χ3n) is 11.6. The molecular formula is C52H32N2. The molecule has 0 saturated carbocycles. The Labute approximate surface area is 312 Å². The molecule has 3 heterocycles. The van der Waals surface area contributed by atoms with E-state index in [1.807, 2.05) is 0 Å². The maximum absolute atomic E-state index is 2.49. The van der Waals surface area contributed by atoms with Crippen LogP contribution in [0.2, 0.25) is 0 Å². The van der Waals surface area contributed by atoms with Gasteiger partial charge in [-0.1, -0.05) is 133 Å². The Morgan fingerprint density at radius 1 is 0.278 bits per heavy atom. The van der Waals surface area contributed by atoms with Crippen LogP contribution in [0.15, 0.2) is 194 Å². The second kappa shape index (κ2) is 11.2. The predicted molar refractivity (Wildman–Crippen MR) is 228 cm³/mol. The third kappa shape index (κ3) is 4.17. The topological polar surface area (TPSA) is 9.86 Å². The molecule has 0 fully saturated rings. The molecule has 2 heteroatoms. The quantitative estimate of drug-likeness (QED) is 0.175. The molecule has 9 aromatic carbocycles. The number of benzene rings is 9. The number of fused-ring (bicyclic) bond motifs is 12. The molecule has 0 bridgehead atoms. The SMILES string of the molecule is c1ccc2c(c1)-c1ccccc1-n1c3ccccc3c3cc(-c4ccc5c(c4)c4ccccc4n5-c4ccc(-c5ccc6ccccc6c5)cc4)cc-2c31. The van der Waals surface area contributed by atoms with Crippen LogP contribution in [0.25, 0.3) is 110 Å². The van der Waals surface area contributed by atoms with Gasteiger partial charge in [-0.25, -0.2) is 0 Å². The van der Waals surface area contributed by atoms with Crippen LogP contribution in [0.1, 0.15) is 0 Å². The Bertz CT molecular complexity index is 3320. The Kier molecular flexibility index (Phi) is 6.09. The van der Waals surface area contributed by atoms with E-state index < -0.39 is 0 Å². The summed E-state index contributed by atoms with van der Waals surface area (Å²) in [6.45, 7) is 0. The van der Waals surface area contributed by atoms with E-state index in [-0.39, 0.29) is 0 Å². The molecule has 0 N–H and O–H groups in total. The van der Waals surface area contributed by atoms with Gasteiger partial charge in [-0.3, -0.25) is 0 Å². The first kappa shape index (κ1) is 29.4. The molecule has 2 aromatic heterocycles. The van der Waals surface area contributed by atoms with Crippen LogP contribution >= 0.6 is 0 Å². The number of hydrogen-bond donors (Lipinski definition) is 0. The second-order valence-electron chi connectivity index (χ2n) is 14.5. The normalized spacial score (nSPS) is 12.1. The molecule has 1 aliphatic rings. The van der Waals surface area contributed by atoms with Crippen LogP contribution in [-0.2, 0) is 0 Å². The minimum atomic E-state index is 1.16. The monoisotopic (exact) mass is 684 g/mol. The average molecular weight is 685 g/mol. The van der Waals surface area contributed by atoms with Crippen LogP contribution in [0.3, 0.4) is 0 Å². The zero-order valence-corrected chi connectivity index (χ0v) is 29.4. The summed E-state index contributed by atoms with van der Waals surface area (Å²) < 4.78 is 4.90. The highest BCUT2D eigenvalue weighted by Crippen LogP contribution is 2.48. The van der Waals surface area contributed by atoms with Gasteiger partial charge in [-0.2, -0.15) is 0 Å². The van der Waals surface area contributed by atoms with Crippen molar-refractivity contribution >= 4 is 54.4 Å². The molecule has 0 saturated heterocycles. The van der Waals surface area contributed by atoms with Crippen LogP contribution in [0.5, 0.6) is 0 Å². The molecular weight excluding hydrogens is 653 g/mol. The van der Waals surface area contributed by atoms with Crippen LogP contribution in [0.4, 0.5) is 0 Å². The van der Waals surface area contributed by atoms with Crippen molar-refractivity contribution < 1.29 is 0 Å². The van der Waals surface area contributed by atoms with Crippen molar-refractivity contribution in [1.82, 2.24) is 9.13 Å². The molecule has 250 valence electrons. The van der Waals surface area contributed by atoms with E-state index in [4.69, 9.17) is 0 Å². The lowest BCUT2D eigenvalue weighted by Crippen LogP contribution is -1.95. The molecule has 0 amide bonds. The van der Waals surface area contributed by atoms with Gasteiger partial charge in [0.2, 0.25) is 0 Å². The van der Waals surface area contributed by atoms with E-state index in [2.05, 4.69) is 203 Å². The van der Waals surface area contributed by atoms with Crippen molar-refractivity contribution in [3.63, 3.8) is 0 Å². The molecule has 2 nitrogen and oxygen atoms in total. The Balaban J connectivity index is 1.05. The Morgan fingerprint density at radius 3 is 1.65 bits per heavy atom. The van der Waals surface area contributed by atoms with Crippen molar-refractivity contribution in [2.75, 3.05) is 0 Å². The van der Waals surface area contributed by atoms with Crippen molar-refractivity contribution in [2.24, 2.45) is 0 Å². The largest absolute Gasteiger partial charge is 0.309 e. The van der Waals surface area contributed by atoms with Gasteiger partial charge in [0.25, 0.3) is 0 Å². The standard InChI is InChI=1S/C52H32N2/c1-2-12-35-29-36(22-21-33(35)11-1)34-23-26-39(27-24-34)53-48-18-8-6-16-43(48)45-30-37(25-28-51(45)53)38-31-46-41-14-4-3-13-40(41)42-15-5-9-19-49(42)54-50-20-10-7-17-44(50)47(32-38)52(46)54/h1-32H. The highest BCUT2D eigenvalue weighted by Gasteiger charge is 2.25. The molecule has 0 aliphatic carbocycles. The van der Waals surface area contributed by atoms with E-state index in [9.17, 15) is 0 Å². The molecule has 12 rings (SSSR count). The average Bonchev–Trinajstić information content (AvgIpc) is 3.71. The van der Waals surface area contributed by atoms with E-state index >= 15 is 0 Å². The molecule has 0 unspecified atom stereocenters. The van der Waals surface area contributed by atoms with Crippen LogP contribution < -0.4 is 0 Å². The summed E-state index contributed by atoms with van der Waals surface area (Å²) in [5.74, 6) is 0. The van der Waals surface area contributed by atoms with Crippen molar-refractivity contribution in [2.45, 2.75) is 0 Å². The van der Waals surface area contributed by atoms with Gasteiger partial charge < -0.3 is 9.13 Å². The lowest BCUT2D eigenvalue weighted by atomic mass is 9.91. The lowest BCUT2D eigenvalue weighted by molar-refractivity contribution is 1.18. The van der Waals surface area contributed by atoms with E-state index in [0.717, 1.165) is 5.69 Å². The highest BCUT2D eigenvalue weighted by molar-refractivity contribution is 6.18. The van der Waals surface area contributed by atoms with Crippen molar-refractivity contribution in [1.29, 1.82) is 0 Å². The van der Waals surface area contributed by atoms with Crippen molar-refractivity contribution in [3.8, 4) is 55.9 Å². The van der Waals surface area contributed by atoms with Gasteiger partial charge in [0.05, 0.1) is 27.8 Å². The van der Waals surface area contributed by atoms with Gasteiger partial charge in [-0.05, 0) is 105 Å². The predicted octanol–water partition coefficient (Wildman–Crippen LogP) is 14.0. The molecule has 1 aliphatic heterocycles. The van der Waals surface area contributed by atoms with Gasteiger partial charge in [0, 0.05) is 38.4 Å². The first-order valence-electron chi connectivity index (χ1n) is 18.7. The highest BCUT2D eigenvalue weighted by atomic mass is 15.0. The molecule has 54 heavy (non-hydrogen) atoms. The fourth-order valence-electron chi connectivity index (χ4n) is 9.17. The van der Waals surface area contributed by atoms with Crippen molar-refractivity contribution in [3.05, 3.63) is 194 Å². The molecule has 0 radical (unpaired) electrons. The van der Waals surface area contributed by atoms with E-state index in [1.165, 1.54) is 105 Å². The van der Waals surface area contributed by atoms with Crippen LogP contribution in [-0.4, -0.2) is 9.13 Å². The molecule has 0 spiro atoms. The van der Waals surface area contributed by atoms with Gasteiger partial charge in [0.1, 0.15) is 0 Å². The number of nitrogens with zero attached hydrogens (tertiary/aromatic N) is 2.